The molecular weight excluding hydrogens is 433 g/mol. The van der Waals surface area contributed by atoms with Crippen molar-refractivity contribution >= 4 is 52.2 Å². The Morgan fingerprint density at radius 3 is 2.90 bits per heavy atom. The van der Waals surface area contributed by atoms with Crippen molar-refractivity contribution in [1.29, 1.82) is 0 Å². The lowest BCUT2D eigenvalue weighted by Crippen LogP contribution is -2.42. The van der Waals surface area contributed by atoms with Crippen molar-refractivity contribution in [1.82, 2.24) is 20.7 Å². The van der Waals surface area contributed by atoms with Gasteiger partial charge in [-0.15, -0.1) is 0 Å². The fraction of sp³-hybridized carbons (Fsp3) is 0.0556. The fourth-order valence-corrected chi connectivity index (χ4v) is 3.39. The molecule has 2 heterocycles. The molecule has 0 atom stereocenters. The zero-order chi connectivity index (χ0) is 21.3. The molecule has 1 amide bonds. The Balaban J connectivity index is 1.59. The highest BCUT2D eigenvalue weighted by Crippen LogP contribution is 2.29. The van der Waals surface area contributed by atoms with Gasteiger partial charge in [-0.3, -0.25) is 4.79 Å². The molecule has 0 aliphatic rings. The summed E-state index contributed by atoms with van der Waals surface area (Å²) in [6.07, 6.45) is 1.24. The molecule has 0 bridgehead atoms. The summed E-state index contributed by atoms with van der Waals surface area (Å²) in [4.78, 5) is 15.7. The average molecular weight is 447 g/mol. The Kier molecular flexibility index (Phi) is 5.25. The number of phenolic OH excluding ortho intramolecular Hbond substituents is 1. The van der Waals surface area contributed by atoms with Gasteiger partial charge in [-0.2, -0.15) is 5.10 Å². The van der Waals surface area contributed by atoms with Crippen LogP contribution in [0.5, 0.6) is 5.75 Å². The van der Waals surface area contributed by atoms with E-state index in [1.165, 1.54) is 18.3 Å². The number of para-hydroxylation sites is 2. The van der Waals surface area contributed by atoms with Crippen LogP contribution in [-0.4, -0.2) is 32.5 Å². The number of H-pyrrole nitrogens is 1. The molecule has 2 aromatic carbocycles. The monoisotopic (exact) mass is 446 g/mol. The molecule has 4 aromatic rings. The minimum Gasteiger partial charge on any atom is -0.506 e. The first-order valence-electron chi connectivity index (χ1n) is 8.53. The van der Waals surface area contributed by atoms with Gasteiger partial charge < -0.3 is 10.8 Å². The number of amides is 1. The Bertz CT molecular complexity index is 1280. The Morgan fingerprint density at radius 2 is 2.13 bits per heavy atom. The Hall–Kier alpha value is -3.63. The summed E-state index contributed by atoms with van der Waals surface area (Å²) in [5, 5.41) is 21.6. The van der Waals surface area contributed by atoms with E-state index in [0.29, 0.717) is 10.8 Å². The van der Waals surface area contributed by atoms with Crippen LogP contribution < -0.4 is 15.7 Å². The largest absolute Gasteiger partial charge is 0.506 e. The van der Waals surface area contributed by atoms with Gasteiger partial charge in [-0.25, -0.2) is 19.6 Å². The molecular formula is C18H14Cl2N7O3+. The number of anilines is 1. The molecule has 152 valence electrons. The molecule has 0 saturated carbocycles. The molecule has 0 aliphatic carbocycles. The van der Waals surface area contributed by atoms with Gasteiger partial charge in [0.25, 0.3) is 5.91 Å². The number of hydrazone groups is 1. The van der Waals surface area contributed by atoms with Crippen LogP contribution in [0, 0.1) is 0 Å². The smallest absolute Gasteiger partial charge is 0.314 e. The highest BCUT2D eigenvalue weighted by atomic mass is 35.5. The average Bonchev–Trinajstić information content (AvgIpc) is 3.29. The van der Waals surface area contributed by atoms with Crippen LogP contribution in [0.25, 0.3) is 22.6 Å². The number of nitrogens with one attached hydrogen (secondary N) is 2. The molecule has 2 aromatic heterocycles. The van der Waals surface area contributed by atoms with Crippen LogP contribution in [0.15, 0.2) is 46.1 Å². The Morgan fingerprint density at radius 1 is 1.33 bits per heavy atom. The van der Waals surface area contributed by atoms with Crippen LogP contribution >= 0.6 is 23.2 Å². The number of imidazole rings is 1. The van der Waals surface area contributed by atoms with Gasteiger partial charge in [-0.05, 0) is 34.6 Å². The van der Waals surface area contributed by atoms with Gasteiger partial charge in [0.2, 0.25) is 11.5 Å². The molecule has 30 heavy (non-hydrogen) atoms. The number of carbonyl (C=O) groups excluding carboxylic acids is 1. The molecule has 4 rings (SSSR count). The van der Waals surface area contributed by atoms with Gasteiger partial charge in [-0.1, -0.05) is 35.3 Å². The van der Waals surface area contributed by atoms with Crippen LogP contribution in [0.4, 0.5) is 5.82 Å². The number of hydrogen-bond donors (Lipinski definition) is 4. The zero-order valence-corrected chi connectivity index (χ0v) is 16.6. The predicted molar refractivity (Wildman–Crippen MR) is 110 cm³/mol. The predicted octanol–water partition coefficient (Wildman–Crippen LogP) is 2.25. The van der Waals surface area contributed by atoms with Gasteiger partial charge >= 0.3 is 5.82 Å². The molecule has 0 saturated heterocycles. The first-order chi connectivity index (χ1) is 14.4. The summed E-state index contributed by atoms with van der Waals surface area (Å²) >= 11 is 11.8. The second kappa shape index (κ2) is 8.01. The van der Waals surface area contributed by atoms with Crippen LogP contribution in [0.2, 0.25) is 10.0 Å². The third-order valence-corrected chi connectivity index (χ3v) is 4.71. The third-order valence-electron chi connectivity index (χ3n) is 4.21. The number of aromatic nitrogens is 4. The van der Waals surface area contributed by atoms with Crippen LogP contribution in [-0.2, 0) is 11.3 Å². The number of aromatic amines is 1. The number of benzene rings is 2. The summed E-state index contributed by atoms with van der Waals surface area (Å²) in [6.45, 7) is -0.106. The van der Waals surface area contributed by atoms with Crippen molar-refractivity contribution in [2.75, 3.05) is 5.73 Å². The zero-order valence-electron chi connectivity index (χ0n) is 15.1. The van der Waals surface area contributed by atoms with E-state index in [1.54, 1.807) is 4.57 Å². The highest BCUT2D eigenvalue weighted by molar-refractivity contribution is 6.36. The topological polar surface area (TPSA) is 146 Å². The van der Waals surface area contributed by atoms with Crippen LogP contribution in [0.1, 0.15) is 5.56 Å². The van der Waals surface area contributed by atoms with Crippen molar-refractivity contribution in [3.8, 4) is 17.3 Å². The maximum Gasteiger partial charge on any atom is 0.314 e. The molecule has 5 N–H and O–H groups in total. The number of halogens is 2. The highest BCUT2D eigenvalue weighted by Gasteiger charge is 2.27. The van der Waals surface area contributed by atoms with Gasteiger partial charge in [0.1, 0.15) is 5.75 Å². The molecule has 0 fully saturated rings. The number of nitrogens with two attached hydrogens (primary N) is 1. The second-order valence-corrected chi connectivity index (χ2v) is 7.04. The van der Waals surface area contributed by atoms with E-state index in [4.69, 9.17) is 28.9 Å². The van der Waals surface area contributed by atoms with E-state index in [9.17, 15) is 9.90 Å². The standard InChI is InChI=1S/C18H13Cl2N7O3/c19-10-5-9(16(29)11(20)6-10)7-22-24-14(28)8-27-13-4-2-1-3-12(13)23-18(27)15-17(21)26-30-25-15/h1-7H,8H2,(H4,21,22,23,24,25,26,28,29)/p+1. The summed E-state index contributed by atoms with van der Waals surface area (Å²) in [5.41, 5.74) is 10.3. The normalized spacial score (nSPS) is 11.4. The van der Waals surface area contributed by atoms with Crippen molar-refractivity contribution in [3.05, 3.63) is 52.0 Å². The van der Waals surface area contributed by atoms with E-state index in [2.05, 4.69) is 30.5 Å². The number of carbonyl (C=O) groups is 1. The maximum atomic E-state index is 12.5. The summed E-state index contributed by atoms with van der Waals surface area (Å²) in [7, 11) is 0. The van der Waals surface area contributed by atoms with Crippen molar-refractivity contribution in [2.24, 2.45) is 5.10 Å². The lowest BCUT2D eigenvalue weighted by molar-refractivity contribution is -0.647. The molecule has 10 nitrogen and oxygen atoms in total. The van der Waals surface area contributed by atoms with Crippen LogP contribution in [0.3, 0.4) is 0 Å². The van der Waals surface area contributed by atoms with E-state index in [0.717, 1.165) is 11.0 Å². The number of aromatic hydroxyl groups is 1. The Labute approximate surface area is 178 Å². The molecule has 12 heteroatoms. The lowest BCUT2D eigenvalue weighted by Gasteiger charge is -2.03. The summed E-state index contributed by atoms with van der Waals surface area (Å²) in [5.74, 6) is -0.0957. The number of fused-ring (bicyclic) bond motifs is 1. The SMILES string of the molecule is Nc1nonc1-c1[nH]c2ccccc2[n+]1CC(=O)N/N=C/c1cc(Cl)cc(Cl)c1O. The molecule has 0 radical (unpaired) electrons. The van der Waals surface area contributed by atoms with Crippen molar-refractivity contribution in [2.45, 2.75) is 6.54 Å². The summed E-state index contributed by atoms with van der Waals surface area (Å²) < 4.78 is 6.34. The number of rotatable bonds is 5. The van der Waals surface area contributed by atoms with E-state index >= 15 is 0 Å². The minimum atomic E-state index is -0.440. The maximum absolute atomic E-state index is 12.5. The van der Waals surface area contributed by atoms with Crippen molar-refractivity contribution in [3.63, 3.8) is 0 Å². The van der Waals surface area contributed by atoms with Gasteiger partial charge in [0.15, 0.2) is 17.6 Å². The third kappa shape index (κ3) is 3.78. The quantitative estimate of drug-likeness (QED) is 0.210. The van der Waals surface area contributed by atoms with Crippen molar-refractivity contribution < 1.29 is 19.1 Å². The first-order valence-corrected chi connectivity index (χ1v) is 9.28. The van der Waals surface area contributed by atoms with Gasteiger partial charge in [0, 0.05) is 10.6 Å². The molecule has 0 aliphatic heterocycles. The number of nitrogen functional groups attached to an aromatic ring is 1. The number of hydrogen-bond acceptors (Lipinski definition) is 7. The second-order valence-electron chi connectivity index (χ2n) is 6.19. The lowest BCUT2D eigenvalue weighted by atomic mass is 10.2. The van der Waals surface area contributed by atoms with Gasteiger partial charge in [0.05, 0.1) is 11.2 Å². The number of phenols is 1. The molecule has 0 unspecified atom stereocenters. The summed E-state index contributed by atoms with van der Waals surface area (Å²) in [6, 6.07) is 10.2. The van der Waals surface area contributed by atoms with E-state index in [1.807, 2.05) is 24.3 Å². The van der Waals surface area contributed by atoms with E-state index < -0.39 is 5.91 Å². The van der Waals surface area contributed by atoms with E-state index in [-0.39, 0.29) is 34.4 Å². The first kappa shape index (κ1) is 19.7. The minimum absolute atomic E-state index is 0.0769. The number of nitrogens with zero attached hydrogens (tertiary/aromatic N) is 4. The fourth-order valence-electron chi connectivity index (χ4n) is 2.88. The molecule has 0 spiro atoms.